The number of halogens is 3. The number of hydrogen-bond acceptors (Lipinski definition) is 3. The second-order valence-electron chi connectivity index (χ2n) is 4.94. The number of benzene rings is 1. The molecule has 0 aromatic heterocycles. The number of nitrogens with two attached hydrogens (primary N) is 1. The van der Waals surface area contributed by atoms with Crippen LogP contribution in [-0.2, 0) is 6.18 Å². The Hall–Kier alpha value is -1.27. The lowest BCUT2D eigenvalue weighted by Gasteiger charge is -2.27. The van der Waals surface area contributed by atoms with Gasteiger partial charge in [0.1, 0.15) is 5.75 Å². The Morgan fingerprint density at radius 3 is 2.42 bits per heavy atom. The van der Waals surface area contributed by atoms with Crippen molar-refractivity contribution in [1.82, 2.24) is 0 Å². The number of hydrogen-bond donors (Lipinski definition) is 2. The van der Waals surface area contributed by atoms with Gasteiger partial charge in [-0.1, -0.05) is 12.1 Å². The monoisotopic (exact) mass is 277 g/mol. The van der Waals surface area contributed by atoms with Crippen LogP contribution in [0, 0.1) is 0 Å². The van der Waals surface area contributed by atoms with Gasteiger partial charge in [-0.15, -0.1) is 0 Å². The first-order valence-electron chi connectivity index (χ1n) is 5.88. The minimum Gasteiger partial charge on any atom is -0.490 e. The van der Waals surface area contributed by atoms with Crippen LogP contribution in [0.15, 0.2) is 24.3 Å². The minimum absolute atomic E-state index is 0.226. The van der Waals surface area contributed by atoms with E-state index in [4.69, 9.17) is 15.6 Å². The van der Waals surface area contributed by atoms with Crippen LogP contribution in [0.1, 0.15) is 25.8 Å². The first-order valence-corrected chi connectivity index (χ1v) is 5.88. The molecule has 3 nitrogen and oxygen atoms in total. The second-order valence-corrected chi connectivity index (χ2v) is 4.94. The standard InChI is InChI=1S/C13H18F3NO2/c1-9(7-12(2,17)8-18)19-11-6-4-3-5-10(11)13(14,15)16/h3-6,9,18H,7-8,17H2,1-2H3. The van der Waals surface area contributed by atoms with Crippen LogP contribution in [0.4, 0.5) is 13.2 Å². The summed E-state index contributed by atoms with van der Waals surface area (Å²) in [6.07, 6.45) is -4.75. The summed E-state index contributed by atoms with van der Waals surface area (Å²) in [5.74, 6) is -0.226. The van der Waals surface area contributed by atoms with Gasteiger partial charge in [-0.2, -0.15) is 13.2 Å². The van der Waals surface area contributed by atoms with E-state index in [2.05, 4.69) is 0 Å². The summed E-state index contributed by atoms with van der Waals surface area (Å²) >= 11 is 0. The minimum atomic E-state index is -4.46. The van der Waals surface area contributed by atoms with Crippen LogP contribution in [-0.4, -0.2) is 23.4 Å². The van der Waals surface area contributed by atoms with Gasteiger partial charge in [0.2, 0.25) is 0 Å². The van der Waals surface area contributed by atoms with E-state index in [-0.39, 0.29) is 18.8 Å². The van der Waals surface area contributed by atoms with E-state index >= 15 is 0 Å². The summed E-state index contributed by atoms with van der Waals surface area (Å²) in [7, 11) is 0. The van der Waals surface area contributed by atoms with Gasteiger partial charge in [0, 0.05) is 12.0 Å². The Morgan fingerprint density at radius 1 is 1.32 bits per heavy atom. The van der Waals surface area contributed by atoms with E-state index < -0.39 is 23.4 Å². The molecule has 0 amide bonds. The van der Waals surface area contributed by atoms with Crippen molar-refractivity contribution in [2.75, 3.05) is 6.61 Å². The maximum atomic E-state index is 12.8. The molecule has 2 atom stereocenters. The predicted molar refractivity (Wildman–Crippen MR) is 65.8 cm³/mol. The number of aliphatic hydroxyl groups excluding tert-OH is 1. The highest BCUT2D eigenvalue weighted by atomic mass is 19.4. The average molecular weight is 277 g/mol. The highest BCUT2D eigenvalue weighted by Crippen LogP contribution is 2.36. The third-order valence-electron chi connectivity index (χ3n) is 2.64. The molecular formula is C13H18F3NO2. The number of aliphatic hydroxyl groups is 1. The van der Waals surface area contributed by atoms with Gasteiger partial charge in [0.05, 0.1) is 18.3 Å². The molecule has 0 bridgehead atoms. The molecule has 1 aromatic rings. The maximum Gasteiger partial charge on any atom is 0.419 e. The van der Waals surface area contributed by atoms with Crippen LogP contribution in [0.3, 0.4) is 0 Å². The van der Waals surface area contributed by atoms with Gasteiger partial charge in [0.25, 0.3) is 0 Å². The smallest absolute Gasteiger partial charge is 0.419 e. The van der Waals surface area contributed by atoms with Gasteiger partial charge in [-0.3, -0.25) is 0 Å². The van der Waals surface area contributed by atoms with Gasteiger partial charge in [-0.25, -0.2) is 0 Å². The summed E-state index contributed by atoms with van der Waals surface area (Å²) in [6.45, 7) is 2.97. The summed E-state index contributed by atoms with van der Waals surface area (Å²) in [6, 6.07) is 5.02. The SMILES string of the molecule is CC(CC(C)(N)CO)Oc1ccccc1C(F)(F)F. The van der Waals surface area contributed by atoms with Crippen molar-refractivity contribution in [3.05, 3.63) is 29.8 Å². The van der Waals surface area contributed by atoms with Crippen LogP contribution in [0.2, 0.25) is 0 Å². The van der Waals surface area contributed by atoms with Crippen LogP contribution >= 0.6 is 0 Å². The third-order valence-corrected chi connectivity index (χ3v) is 2.64. The number of ether oxygens (including phenoxy) is 1. The molecule has 19 heavy (non-hydrogen) atoms. The molecule has 0 saturated carbocycles. The Kier molecular flexibility index (Phi) is 4.81. The Morgan fingerprint density at radius 2 is 1.89 bits per heavy atom. The van der Waals surface area contributed by atoms with E-state index in [1.54, 1.807) is 13.8 Å². The largest absolute Gasteiger partial charge is 0.490 e. The molecule has 0 aliphatic rings. The molecular weight excluding hydrogens is 259 g/mol. The van der Waals surface area contributed by atoms with Crippen molar-refractivity contribution < 1.29 is 23.0 Å². The zero-order valence-electron chi connectivity index (χ0n) is 10.9. The maximum absolute atomic E-state index is 12.8. The molecule has 0 saturated heterocycles. The van der Waals surface area contributed by atoms with Crippen LogP contribution in [0.5, 0.6) is 5.75 Å². The number of rotatable bonds is 5. The molecule has 3 N–H and O–H groups in total. The van der Waals surface area contributed by atoms with Crippen LogP contribution < -0.4 is 10.5 Å². The fraction of sp³-hybridized carbons (Fsp3) is 0.538. The van der Waals surface area contributed by atoms with Crippen molar-refractivity contribution >= 4 is 0 Å². The molecule has 6 heteroatoms. The molecule has 0 aliphatic heterocycles. The second kappa shape index (κ2) is 5.79. The molecule has 0 aliphatic carbocycles. The van der Waals surface area contributed by atoms with E-state index in [0.29, 0.717) is 0 Å². The van der Waals surface area contributed by atoms with Crippen LogP contribution in [0.25, 0.3) is 0 Å². The Labute approximate surface area is 110 Å². The molecule has 108 valence electrons. The Bertz CT molecular complexity index is 419. The predicted octanol–water partition coefficient (Wildman–Crippen LogP) is 2.57. The molecule has 0 radical (unpaired) electrons. The summed E-state index contributed by atoms with van der Waals surface area (Å²) in [4.78, 5) is 0. The van der Waals surface area contributed by atoms with Gasteiger partial charge >= 0.3 is 6.18 Å². The highest BCUT2D eigenvalue weighted by molar-refractivity contribution is 5.35. The summed E-state index contributed by atoms with van der Waals surface area (Å²) in [5.41, 5.74) is 4.04. The van der Waals surface area contributed by atoms with Gasteiger partial charge < -0.3 is 15.6 Å². The highest BCUT2D eigenvalue weighted by Gasteiger charge is 2.34. The molecule has 0 spiro atoms. The topological polar surface area (TPSA) is 55.5 Å². The summed E-state index contributed by atoms with van der Waals surface area (Å²) in [5, 5.41) is 9.03. The van der Waals surface area contributed by atoms with E-state index in [9.17, 15) is 13.2 Å². The fourth-order valence-electron chi connectivity index (χ4n) is 1.78. The van der Waals surface area contributed by atoms with Gasteiger partial charge in [-0.05, 0) is 26.0 Å². The first-order chi connectivity index (χ1) is 8.65. The average Bonchev–Trinajstić information content (AvgIpc) is 2.27. The van der Waals surface area contributed by atoms with Gasteiger partial charge in [0.15, 0.2) is 0 Å². The first kappa shape index (κ1) is 15.8. The molecule has 1 rings (SSSR count). The number of para-hydroxylation sites is 1. The lowest BCUT2D eigenvalue weighted by molar-refractivity contribution is -0.139. The third kappa shape index (κ3) is 4.72. The van der Waals surface area contributed by atoms with E-state index in [1.807, 2.05) is 0 Å². The lowest BCUT2D eigenvalue weighted by Crippen LogP contribution is -2.43. The summed E-state index contributed by atoms with van der Waals surface area (Å²) < 4.78 is 43.6. The van der Waals surface area contributed by atoms with Crippen molar-refractivity contribution in [3.8, 4) is 5.75 Å². The molecule has 0 fully saturated rings. The van der Waals surface area contributed by atoms with E-state index in [0.717, 1.165) is 6.07 Å². The number of alkyl halides is 3. The molecule has 0 heterocycles. The quantitative estimate of drug-likeness (QED) is 0.869. The van der Waals surface area contributed by atoms with Crippen molar-refractivity contribution in [1.29, 1.82) is 0 Å². The Balaban J connectivity index is 2.83. The molecule has 1 aromatic carbocycles. The fourth-order valence-corrected chi connectivity index (χ4v) is 1.78. The lowest BCUT2D eigenvalue weighted by atomic mass is 9.97. The van der Waals surface area contributed by atoms with Crippen molar-refractivity contribution in [2.45, 2.75) is 38.1 Å². The van der Waals surface area contributed by atoms with E-state index in [1.165, 1.54) is 18.2 Å². The zero-order valence-corrected chi connectivity index (χ0v) is 10.9. The van der Waals surface area contributed by atoms with Crippen molar-refractivity contribution in [2.24, 2.45) is 5.73 Å². The normalized spacial score (nSPS) is 16.8. The zero-order chi connectivity index (χ0) is 14.7. The molecule has 2 unspecified atom stereocenters. The van der Waals surface area contributed by atoms with Crippen molar-refractivity contribution in [3.63, 3.8) is 0 Å².